The van der Waals surface area contributed by atoms with Gasteiger partial charge in [0.1, 0.15) is 15.9 Å². The van der Waals surface area contributed by atoms with Gasteiger partial charge >= 0.3 is 12.0 Å². The molecule has 1 unspecified atom stereocenters. The molecule has 116 valence electrons. The summed E-state index contributed by atoms with van der Waals surface area (Å²) in [6.45, 7) is 0. The number of carboxylic acids is 1. The first-order valence-electron chi connectivity index (χ1n) is 5.91. The molecule has 21 heavy (non-hydrogen) atoms. The van der Waals surface area contributed by atoms with Crippen LogP contribution in [0.1, 0.15) is 6.42 Å². The van der Waals surface area contributed by atoms with Gasteiger partial charge in [0.05, 0.1) is 5.75 Å². The van der Waals surface area contributed by atoms with Crippen molar-refractivity contribution in [1.29, 1.82) is 0 Å². The molecule has 2 amide bonds. The van der Waals surface area contributed by atoms with Crippen molar-refractivity contribution in [1.82, 2.24) is 5.32 Å². The highest BCUT2D eigenvalue weighted by Gasteiger charge is 2.21. The van der Waals surface area contributed by atoms with Crippen molar-refractivity contribution in [3.63, 3.8) is 0 Å². The minimum Gasteiger partial charge on any atom is -0.480 e. The van der Waals surface area contributed by atoms with Crippen molar-refractivity contribution in [2.24, 2.45) is 0 Å². The summed E-state index contributed by atoms with van der Waals surface area (Å²) in [6, 6.07) is 4.77. The van der Waals surface area contributed by atoms with Crippen molar-refractivity contribution < 1.29 is 23.1 Å². The molecule has 1 atom stereocenters. The third kappa shape index (κ3) is 7.09. The first-order valence-corrected chi connectivity index (χ1v) is 8.76. The molecule has 1 rings (SSSR count). The Morgan fingerprint density at radius 2 is 2.05 bits per heavy atom. The number of benzene rings is 1. The van der Waals surface area contributed by atoms with E-state index in [1.54, 1.807) is 24.3 Å². The Bertz CT molecular complexity index is 632. The smallest absolute Gasteiger partial charge is 0.326 e. The zero-order chi connectivity index (χ0) is 16.0. The maximum absolute atomic E-state index is 11.7. The fraction of sp³-hybridized carbons (Fsp3) is 0.333. The number of rotatable bonds is 6. The topological polar surface area (TPSA) is 113 Å². The number of nitrogens with one attached hydrogen (secondary N) is 2. The number of aliphatic carboxylic acids is 1. The van der Waals surface area contributed by atoms with Crippen LogP contribution in [-0.4, -0.2) is 43.6 Å². The molecule has 0 bridgehead atoms. The van der Waals surface area contributed by atoms with Crippen LogP contribution in [0.5, 0.6) is 0 Å². The van der Waals surface area contributed by atoms with Crippen LogP contribution in [-0.2, 0) is 14.6 Å². The molecule has 0 aliphatic heterocycles. The highest BCUT2D eigenvalue weighted by atomic mass is 79.9. The molecule has 0 heterocycles. The highest BCUT2D eigenvalue weighted by molar-refractivity contribution is 9.10. The van der Waals surface area contributed by atoms with Gasteiger partial charge < -0.3 is 15.7 Å². The second-order valence-electron chi connectivity index (χ2n) is 4.42. The van der Waals surface area contributed by atoms with Gasteiger partial charge in [-0.1, -0.05) is 22.0 Å². The molecule has 1 aromatic rings. The summed E-state index contributed by atoms with van der Waals surface area (Å²) in [5.74, 6) is -1.61. The van der Waals surface area contributed by atoms with Gasteiger partial charge in [0.2, 0.25) is 0 Å². The van der Waals surface area contributed by atoms with Crippen LogP contribution in [0.4, 0.5) is 10.5 Å². The van der Waals surface area contributed by atoms with E-state index in [-0.39, 0.29) is 12.2 Å². The predicted molar refractivity (Wildman–Crippen MR) is 82.0 cm³/mol. The lowest BCUT2D eigenvalue weighted by molar-refractivity contribution is -0.139. The molecule has 1 aromatic carbocycles. The summed E-state index contributed by atoms with van der Waals surface area (Å²) in [6.07, 6.45) is 0.813. The average molecular weight is 379 g/mol. The average Bonchev–Trinajstić information content (AvgIpc) is 2.32. The van der Waals surface area contributed by atoms with Crippen LogP contribution in [0, 0.1) is 0 Å². The van der Waals surface area contributed by atoms with Crippen LogP contribution < -0.4 is 10.6 Å². The van der Waals surface area contributed by atoms with Gasteiger partial charge in [-0.15, -0.1) is 0 Å². The molecule has 7 nitrogen and oxygen atoms in total. The lowest BCUT2D eigenvalue weighted by Crippen LogP contribution is -2.43. The SMILES string of the molecule is CS(=O)(=O)CCC(NC(=O)Nc1cccc(Br)c1)C(=O)O. The lowest BCUT2D eigenvalue weighted by Gasteiger charge is -2.14. The quantitative estimate of drug-likeness (QED) is 0.693. The Hall–Kier alpha value is -1.61. The third-order valence-corrected chi connectivity index (χ3v) is 3.93. The number of hydrogen-bond acceptors (Lipinski definition) is 4. The molecule has 0 aromatic heterocycles. The number of halogens is 1. The summed E-state index contributed by atoms with van der Waals surface area (Å²) in [5, 5.41) is 13.7. The van der Waals surface area contributed by atoms with Crippen molar-refractivity contribution in [3.05, 3.63) is 28.7 Å². The van der Waals surface area contributed by atoms with Crippen molar-refractivity contribution in [3.8, 4) is 0 Å². The number of amides is 2. The number of urea groups is 1. The second-order valence-corrected chi connectivity index (χ2v) is 7.59. The molecular formula is C12H15BrN2O5S. The summed E-state index contributed by atoms with van der Waals surface area (Å²) >= 11 is 3.24. The van der Waals surface area contributed by atoms with Crippen molar-refractivity contribution >= 4 is 43.5 Å². The van der Waals surface area contributed by atoms with Gasteiger partial charge in [0.15, 0.2) is 0 Å². The van der Waals surface area contributed by atoms with E-state index in [0.717, 1.165) is 10.7 Å². The number of hydrogen-bond donors (Lipinski definition) is 3. The number of carbonyl (C=O) groups is 2. The van der Waals surface area contributed by atoms with Gasteiger partial charge in [-0.05, 0) is 24.6 Å². The van der Waals surface area contributed by atoms with E-state index in [1.165, 1.54) is 0 Å². The number of anilines is 1. The first-order chi connectivity index (χ1) is 9.67. The maximum Gasteiger partial charge on any atom is 0.326 e. The van der Waals surface area contributed by atoms with Crippen LogP contribution in [0.25, 0.3) is 0 Å². The largest absolute Gasteiger partial charge is 0.480 e. The fourth-order valence-electron chi connectivity index (χ4n) is 1.48. The van der Waals surface area contributed by atoms with E-state index in [4.69, 9.17) is 5.11 Å². The van der Waals surface area contributed by atoms with E-state index in [2.05, 4.69) is 26.6 Å². The monoisotopic (exact) mass is 378 g/mol. The minimum atomic E-state index is -3.29. The molecule has 9 heteroatoms. The van der Waals surface area contributed by atoms with E-state index in [0.29, 0.717) is 5.69 Å². The van der Waals surface area contributed by atoms with Crippen molar-refractivity contribution in [2.45, 2.75) is 12.5 Å². The Morgan fingerprint density at radius 1 is 1.38 bits per heavy atom. The van der Waals surface area contributed by atoms with Crippen LogP contribution in [0.3, 0.4) is 0 Å². The molecule has 0 saturated carbocycles. The molecule has 0 radical (unpaired) electrons. The Kier molecular flexibility index (Phi) is 6.16. The Labute approximate surface area is 130 Å². The first kappa shape index (κ1) is 17.4. The molecule has 3 N–H and O–H groups in total. The predicted octanol–water partition coefficient (Wildman–Crippen LogP) is 1.46. The molecule has 0 saturated heterocycles. The Morgan fingerprint density at radius 3 is 2.57 bits per heavy atom. The number of sulfone groups is 1. The third-order valence-electron chi connectivity index (χ3n) is 2.46. The van der Waals surface area contributed by atoms with Gasteiger partial charge in [-0.25, -0.2) is 18.0 Å². The van der Waals surface area contributed by atoms with E-state index < -0.39 is 27.9 Å². The van der Waals surface area contributed by atoms with Gasteiger partial charge in [-0.2, -0.15) is 0 Å². The summed E-state index contributed by atoms with van der Waals surface area (Å²) in [7, 11) is -3.29. The highest BCUT2D eigenvalue weighted by Crippen LogP contribution is 2.15. The molecule has 0 aliphatic carbocycles. The number of carbonyl (C=O) groups excluding carboxylic acids is 1. The fourth-order valence-corrected chi connectivity index (χ4v) is 2.54. The Balaban J connectivity index is 2.62. The standard InChI is InChI=1S/C12H15BrN2O5S/c1-21(19,20)6-5-10(11(16)17)15-12(18)14-9-4-2-3-8(13)7-9/h2-4,7,10H,5-6H2,1H3,(H,16,17)(H2,14,15,18). The molecular weight excluding hydrogens is 364 g/mol. The number of carboxylic acid groups (broad SMARTS) is 1. The lowest BCUT2D eigenvalue weighted by atomic mass is 10.2. The van der Waals surface area contributed by atoms with Crippen LogP contribution in [0.2, 0.25) is 0 Å². The maximum atomic E-state index is 11.7. The van der Waals surface area contributed by atoms with Crippen LogP contribution >= 0.6 is 15.9 Å². The van der Waals surface area contributed by atoms with E-state index in [1.807, 2.05) is 0 Å². The van der Waals surface area contributed by atoms with Gasteiger partial charge in [0.25, 0.3) is 0 Å². The second kappa shape index (κ2) is 7.41. The molecule has 0 aliphatic rings. The minimum absolute atomic E-state index is 0.194. The van der Waals surface area contributed by atoms with Gasteiger partial charge in [-0.3, -0.25) is 0 Å². The van der Waals surface area contributed by atoms with E-state index in [9.17, 15) is 18.0 Å². The van der Waals surface area contributed by atoms with Gasteiger partial charge in [0, 0.05) is 16.4 Å². The summed E-state index contributed by atoms with van der Waals surface area (Å²) in [4.78, 5) is 22.7. The van der Waals surface area contributed by atoms with Crippen molar-refractivity contribution in [2.75, 3.05) is 17.3 Å². The van der Waals surface area contributed by atoms with E-state index >= 15 is 0 Å². The molecule has 0 spiro atoms. The summed E-state index contributed by atoms with van der Waals surface area (Å²) < 4.78 is 22.8. The summed E-state index contributed by atoms with van der Waals surface area (Å²) in [5.41, 5.74) is 0.481. The zero-order valence-corrected chi connectivity index (χ0v) is 13.6. The van der Waals surface area contributed by atoms with Crippen LogP contribution in [0.15, 0.2) is 28.7 Å². The zero-order valence-electron chi connectivity index (χ0n) is 11.2. The normalized spacial score (nSPS) is 12.5. The molecule has 0 fully saturated rings.